The van der Waals surface area contributed by atoms with Gasteiger partial charge in [-0.05, 0) is 38.5 Å². The van der Waals surface area contributed by atoms with Crippen LogP contribution in [0.5, 0.6) is 0 Å². The van der Waals surface area contributed by atoms with Gasteiger partial charge in [-0.15, -0.1) is 0 Å². The van der Waals surface area contributed by atoms with Crippen molar-refractivity contribution in [3.05, 3.63) is 0 Å². The summed E-state index contributed by atoms with van der Waals surface area (Å²) >= 11 is 0. The molecular formula is C15H27O6P. The van der Waals surface area contributed by atoms with Crippen molar-refractivity contribution in [1.82, 2.24) is 0 Å². The number of ether oxygens (including phenoxy) is 3. The first-order valence-corrected chi connectivity index (χ1v) is 9.53. The minimum atomic E-state index is -1.35. The largest absolute Gasteiger partial charge is 0.376 e. The van der Waals surface area contributed by atoms with Crippen LogP contribution in [0.15, 0.2) is 0 Å². The van der Waals surface area contributed by atoms with Gasteiger partial charge in [-0.1, -0.05) is 0 Å². The van der Waals surface area contributed by atoms with Crippen LogP contribution in [0, 0.1) is 0 Å². The Bertz CT molecular complexity index is 253. The molecule has 0 aromatic heterocycles. The molecule has 0 aliphatic carbocycles. The summed E-state index contributed by atoms with van der Waals surface area (Å²) in [7, 11) is -1.35. The van der Waals surface area contributed by atoms with E-state index in [2.05, 4.69) is 0 Å². The lowest BCUT2D eigenvalue weighted by atomic mass is 10.2. The molecule has 6 nitrogen and oxygen atoms in total. The van der Waals surface area contributed by atoms with E-state index < -0.39 is 8.60 Å². The van der Waals surface area contributed by atoms with Crippen molar-refractivity contribution >= 4 is 8.60 Å². The van der Waals surface area contributed by atoms with E-state index in [0.29, 0.717) is 19.8 Å². The van der Waals surface area contributed by atoms with Gasteiger partial charge in [0.05, 0.1) is 38.1 Å². The van der Waals surface area contributed by atoms with E-state index in [9.17, 15) is 0 Å². The molecule has 3 aliphatic heterocycles. The Balaban J connectivity index is 1.38. The van der Waals surface area contributed by atoms with Crippen molar-refractivity contribution < 1.29 is 27.8 Å². The SMILES string of the molecule is C1COC(COP(OCC2CCCO2)OCC2CCCO2)C1. The van der Waals surface area contributed by atoms with E-state index in [1.165, 1.54) is 0 Å². The van der Waals surface area contributed by atoms with Gasteiger partial charge in [-0.2, -0.15) is 0 Å². The van der Waals surface area contributed by atoms with Crippen molar-refractivity contribution in [2.75, 3.05) is 39.6 Å². The van der Waals surface area contributed by atoms with Crippen molar-refractivity contribution in [2.45, 2.75) is 56.8 Å². The molecule has 22 heavy (non-hydrogen) atoms. The molecule has 3 atom stereocenters. The zero-order chi connectivity index (χ0) is 15.0. The van der Waals surface area contributed by atoms with Crippen LogP contribution in [0.4, 0.5) is 0 Å². The first-order valence-electron chi connectivity index (χ1n) is 8.44. The van der Waals surface area contributed by atoms with Gasteiger partial charge >= 0.3 is 8.60 Å². The van der Waals surface area contributed by atoms with Gasteiger partial charge in [0.1, 0.15) is 0 Å². The summed E-state index contributed by atoms with van der Waals surface area (Å²) in [6.45, 7) is 4.13. The molecule has 0 amide bonds. The van der Waals surface area contributed by atoms with Crippen LogP contribution in [-0.2, 0) is 27.8 Å². The molecule has 0 bridgehead atoms. The fourth-order valence-electron chi connectivity index (χ4n) is 2.87. The zero-order valence-corrected chi connectivity index (χ0v) is 14.0. The second-order valence-electron chi connectivity index (χ2n) is 6.02. The van der Waals surface area contributed by atoms with E-state index in [-0.39, 0.29) is 18.3 Å². The van der Waals surface area contributed by atoms with E-state index in [1.54, 1.807) is 0 Å². The molecule has 7 heteroatoms. The fraction of sp³-hybridized carbons (Fsp3) is 1.00. The van der Waals surface area contributed by atoms with Crippen LogP contribution >= 0.6 is 8.60 Å². The lowest BCUT2D eigenvalue weighted by molar-refractivity contribution is 0.0201. The Kier molecular flexibility index (Phi) is 7.34. The first kappa shape index (κ1) is 17.0. The molecule has 0 radical (unpaired) electrons. The van der Waals surface area contributed by atoms with Crippen LogP contribution in [0.3, 0.4) is 0 Å². The summed E-state index contributed by atoms with van der Waals surface area (Å²) < 4.78 is 34.2. The molecule has 3 unspecified atom stereocenters. The molecule has 3 fully saturated rings. The third kappa shape index (κ3) is 5.68. The fourth-order valence-corrected chi connectivity index (χ4v) is 3.96. The minimum Gasteiger partial charge on any atom is -0.376 e. The quantitative estimate of drug-likeness (QED) is 0.605. The van der Waals surface area contributed by atoms with Gasteiger partial charge in [0.2, 0.25) is 0 Å². The molecule has 128 valence electrons. The zero-order valence-electron chi connectivity index (χ0n) is 13.1. The Hall–Kier alpha value is 0.190. The molecule has 0 N–H and O–H groups in total. The second kappa shape index (κ2) is 9.48. The highest BCUT2D eigenvalue weighted by Crippen LogP contribution is 2.41. The molecule has 3 rings (SSSR count). The van der Waals surface area contributed by atoms with Gasteiger partial charge in [0, 0.05) is 19.8 Å². The van der Waals surface area contributed by atoms with Crippen molar-refractivity contribution in [3.63, 3.8) is 0 Å². The van der Waals surface area contributed by atoms with Crippen LogP contribution in [-0.4, -0.2) is 58.0 Å². The lowest BCUT2D eigenvalue weighted by Gasteiger charge is -2.21. The van der Waals surface area contributed by atoms with Crippen LogP contribution in [0.1, 0.15) is 38.5 Å². The Morgan fingerprint density at radius 1 is 0.636 bits per heavy atom. The van der Waals surface area contributed by atoms with Gasteiger partial charge in [-0.3, -0.25) is 0 Å². The maximum atomic E-state index is 5.83. The normalized spacial score (nSPS) is 33.5. The second-order valence-corrected chi connectivity index (χ2v) is 7.24. The third-order valence-corrected chi connectivity index (χ3v) is 5.25. The average Bonchev–Trinajstić information content (AvgIpc) is 3.29. The third-order valence-electron chi connectivity index (χ3n) is 4.17. The summed E-state index contributed by atoms with van der Waals surface area (Å²) in [6, 6.07) is 0. The molecule has 0 saturated carbocycles. The molecule has 0 spiro atoms. The Labute approximate surface area is 133 Å². The summed E-state index contributed by atoms with van der Waals surface area (Å²) in [5.41, 5.74) is 0. The van der Waals surface area contributed by atoms with Gasteiger partial charge < -0.3 is 27.8 Å². The predicted octanol–water partition coefficient (Wildman–Crippen LogP) is 2.80. The highest BCUT2D eigenvalue weighted by molar-refractivity contribution is 7.41. The standard InChI is InChI=1S/C15H27O6P/c1-4-13(16-7-1)10-19-22(20-11-14-5-2-8-17-14)21-12-15-6-3-9-18-15/h13-15H,1-12H2. The summed E-state index contributed by atoms with van der Waals surface area (Å²) in [5, 5.41) is 0. The molecule has 3 heterocycles. The lowest BCUT2D eigenvalue weighted by Crippen LogP contribution is -2.18. The van der Waals surface area contributed by atoms with Gasteiger partial charge in [0.25, 0.3) is 0 Å². The van der Waals surface area contributed by atoms with Crippen molar-refractivity contribution in [1.29, 1.82) is 0 Å². The molecule has 0 aromatic rings. The molecule has 3 aliphatic rings. The average molecular weight is 334 g/mol. The van der Waals surface area contributed by atoms with E-state index >= 15 is 0 Å². The number of rotatable bonds is 9. The van der Waals surface area contributed by atoms with Crippen LogP contribution < -0.4 is 0 Å². The number of hydrogen-bond donors (Lipinski definition) is 0. The maximum absolute atomic E-state index is 5.83. The molecular weight excluding hydrogens is 307 g/mol. The van der Waals surface area contributed by atoms with Crippen LogP contribution in [0.25, 0.3) is 0 Å². The summed E-state index contributed by atoms with van der Waals surface area (Å²) in [6.07, 6.45) is 7.05. The highest BCUT2D eigenvalue weighted by Gasteiger charge is 2.25. The van der Waals surface area contributed by atoms with Gasteiger partial charge in [0.15, 0.2) is 0 Å². The van der Waals surface area contributed by atoms with Crippen molar-refractivity contribution in [3.8, 4) is 0 Å². The van der Waals surface area contributed by atoms with E-state index in [4.69, 9.17) is 27.8 Å². The van der Waals surface area contributed by atoms with E-state index in [1.807, 2.05) is 0 Å². The summed E-state index contributed by atoms with van der Waals surface area (Å²) in [5.74, 6) is 0. The smallest absolute Gasteiger partial charge is 0.332 e. The van der Waals surface area contributed by atoms with Crippen LogP contribution in [0.2, 0.25) is 0 Å². The number of hydrogen-bond acceptors (Lipinski definition) is 6. The molecule has 3 saturated heterocycles. The van der Waals surface area contributed by atoms with Gasteiger partial charge in [-0.25, -0.2) is 0 Å². The van der Waals surface area contributed by atoms with Crippen molar-refractivity contribution in [2.24, 2.45) is 0 Å². The minimum absolute atomic E-state index is 0.183. The topological polar surface area (TPSA) is 55.4 Å². The maximum Gasteiger partial charge on any atom is 0.332 e. The Morgan fingerprint density at radius 2 is 1.00 bits per heavy atom. The monoisotopic (exact) mass is 334 g/mol. The predicted molar refractivity (Wildman–Crippen MR) is 81.7 cm³/mol. The first-order chi connectivity index (χ1) is 10.9. The Morgan fingerprint density at radius 3 is 1.27 bits per heavy atom. The highest BCUT2D eigenvalue weighted by atomic mass is 31.2. The van der Waals surface area contributed by atoms with E-state index in [0.717, 1.165) is 58.3 Å². The summed E-state index contributed by atoms with van der Waals surface area (Å²) in [4.78, 5) is 0. The molecule has 0 aromatic carbocycles.